The molecule has 1 aromatic heterocycles. The Morgan fingerprint density at radius 1 is 1.12 bits per heavy atom. The minimum atomic E-state index is 0.271. The molecule has 0 N–H and O–H groups in total. The number of aromatic nitrogens is 2. The van der Waals surface area contributed by atoms with Gasteiger partial charge >= 0.3 is 0 Å². The van der Waals surface area contributed by atoms with E-state index in [9.17, 15) is 4.79 Å². The van der Waals surface area contributed by atoms with Crippen LogP contribution in [0, 0.1) is 0 Å². The summed E-state index contributed by atoms with van der Waals surface area (Å²) < 4.78 is 7.92. The minimum absolute atomic E-state index is 0.271. The predicted octanol–water partition coefficient (Wildman–Crippen LogP) is 1.91. The van der Waals surface area contributed by atoms with Gasteiger partial charge in [-0.1, -0.05) is 19.3 Å². The summed E-state index contributed by atoms with van der Waals surface area (Å²) in [5.41, 5.74) is 0. The third-order valence-electron chi connectivity index (χ3n) is 6.10. The second-order valence-electron chi connectivity index (χ2n) is 7.70. The summed E-state index contributed by atoms with van der Waals surface area (Å²) in [4.78, 5) is 17.6. The summed E-state index contributed by atoms with van der Waals surface area (Å²) in [6, 6.07) is 2.69. The number of amides is 1. The monoisotopic (exact) mass is 346 g/mol. The normalized spacial score (nSPS) is 30.9. The number of morpholine rings is 1. The molecule has 0 radical (unpaired) electrons. The largest absolute Gasteiger partial charge is 0.374 e. The summed E-state index contributed by atoms with van der Waals surface area (Å²) >= 11 is 0. The zero-order chi connectivity index (χ0) is 17.1. The van der Waals surface area contributed by atoms with Crippen molar-refractivity contribution >= 4 is 5.91 Å². The van der Waals surface area contributed by atoms with Crippen molar-refractivity contribution in [2.45, 2.75) is 69.7 Å². The molecule has 1 saturated carbocycles. The summed E-state index contributed by atoms with van der Waals surface area (Å²) in [5, 5.41) is 4.35. The molecule has 25 heavy (non-hydrogen) atoms. The molecule has 3 aliphatic rings. The third kappa shape index (κ3) is 3.90. The Balaban J connectivity index is 1.39. The van der Waals surface area contributed by atoms with Crippen molar-refractivity contribution in [2.24, 2.45) is 0 Å². The van der Waals surface area contributed by atoms with Crippen LogP contribution in [0.15, 0.2) is 18.5 Å². The third-order valence-corrected chi connectivity index (χ3v) is 6.10. The zero-order valence-electron chi connectivity index (χ0n) is 15.1. The molecule has 0 bridgehead atoms. The molecule has 3 heterocycles. The Morgan fingerprint density at radius 3 is 2.88 bits per heavy atom. The minimum Gasteiger partial charge on any atom is -0.374 e. The number of piperidine rings is 1. The van der Waals surface area contributed by atoms with E-state index >= 15 is 0 Å². The van der Waals surface area contributed by atoms with E-state index in [0.29, 0.717) is 31.1 Å². The Labute approximate surface area is 150 Å². The Kier molecular flexibility index (Phi) is 5.36. The van der Waals surface area contributed by atoms with Crippen LogP contribution >= 0.6 is 0 Å². The van der Waals surface area contributed by atoms with Crippen LogP contribution in [0.4, 0.5) is 0 Å². The highest BCUT2D eigenvalue weighted by molar-refractivity contribution is 5.79. The molecule has 1 amide bonds. The number of hydrogen-bond acceptors (Lipinski definition) is 4. The van der Waals surface area contributed by atoms with E-state index in [2.05, 4.69) is 14.9 Å². The molecule has 0 spiro atoms. The van der Waals surface area contributed by atoms with E-state index < -0.39 is 0 Å². The fraction of sp³-hybridized carbons (Fsp3) is 0.789. The van der Waals surface area contributed by atoms with E-state index in [-0.39, 0.29) is 6.10 Å². The van der Waals surface area contributed by atoms with Gasteiger partial charge in [-0.3, -0.25) is 14.4 Å². The molecule has 3 atom stereocenters. The van der Waals surface area contributed by atoms with E-state index in [0.717, 1.165) is 38.9 Å². The Bertz CT molecular complexity index is 560. The van der Waals surface area contributed by atoms with Crippen molar-refractivity contribution in [2.75, 3.05) is 26.2 Å². The molecule has 1 aromatic rings. The molecular formula is C19H30N4O2. The SMILES string of the molecule is O=C(CN1CCCC[C@@H]1Cn1cccn1)N1CCO[C@@H]2CCCC[C@@H]21. The van der Waals surface area contributed by atoms with Gasteiger partial charge in [-0.05, 0) is 38.3 Å². The van der Waals surface area contributed by atoms with Gasteiger partial charge in [-0.2, -0.15) is 5.10 Å². The lowest BCUT2D eigenvalue weighted by Gasteiger charge is -2.45. The highest BCUT2D eigenvalue weighted by atomic mass is 16.5. The van der Waals surface area contributed by atoms with Crippen molar-refractivity contribution in [1.29, 1.82) is 0 Å². The van der Waals surface area contributed by atoms with Crippen LogP contribution in [0.3, 0.4) is 0 Å². The van der Waals surface area contributed by atoms with Crippen LogP contribution in [-0.4, -0.2) is 69.9 Å². The fourth-order valence-electron chi connectivity index (χ4n) is 4.77. The smallest absolute Gasteiger partial charge is 0.237 e. The lowest BCUT2D eigenvalue weighted by molar-refractivity contribution is -0.151. The summed E-state index contributed by atoms with van der Waals surface area (Å²) in [6.07, 6.45) is 12.4. The van der Waals surface area contributed by atoms with E-state index in [1.165, 1.54) is 25.7 Å². The van der Waals surface area contributed by atoms with Crippen LogP contribution in [-0.2, 0) is 16.1 Å². The predicted molar refractivity (Wildman–Crippen MR) is 95.1 cm³/mol. The van der Waals surface area contributed by atoms with Crippen LogP contribution in [0.2, 0.25) is 0 Å². The van der Waals surface area contributed by atoms with E-state index in [4.69, 9.17) is 4.74 Å². The van der Waals surface area contributed by atoms with Crippen LogP contribution in [0.5, 0.6) is 0 Å². The first-order chi connectivity index (χ1) is 12.3. The molecule has 2 saturated heterocycles. The van der Waals surface area contributed by atoms with Gasteiger partial charge in [0.05, 0.1) is 31.8 Å². The van der Waals surface area contributed by atoms with Gasteiger partial charge in [-0.25, -0.2) is 0 Å². The highest BCUT2D eigenvalue weighted by Crippen LogP contribution is 2.29. The van der Waals surface area contributed by atoms with Crippen molar-refractivity contribution in [3.63, 3.8) is 0 Å². The number of carbonyl (C=O) groups is 1. The Hall–Kier alpha value is -1.40. The maximum atomic E-state index is 13.1. The quantitative estimate of drug-likeness (QED) is 0.836. The lowest BCUT2D eigenvalue weighted by atomic mass is 9.90. The number of nitrogens with zero attached hydrogens (tertiary/aromatic N) is 4. The van der Waals surface area contributed by atoms with Crippen LogP contribution in [0.1, 0.15) is 44.9 Å². The first-order valence-electron chi connectivity index (χ1n) is 9.94. The van der Waals surface area contributed by atoms with Gasteiger partial charge in [0, 0.05) is 25.0 Å². The fourth-order valence-corrected chi connectivity index (χ4v) is 4.77. The average molecular weight is 346 g/mol. The summed E-state index contributed by atoms with van der Waals surface area (Å²) in [6.45, 7) is 3.92. The van der Waals surface area contributed by atoms with Gasteiger partial charge in [0.25, 0.3) is 0 Å². The van der Waals surface area contributed by atoms with E-state index in [1.54, 1.807) is 0 Å². The second kappa shape index (κ2) is 7.87. The molecule has 1 aliphatic carbocycles. The number of rotatable bonds is 4. The van der Waals surface area contributed by atoms with Crippen molar-refractivity contribution in [3.8, 4) is 0 Å². The average Bonchev–Trinajstić information content (AvgIpc) is 3.16. The van der Waals surface area contributed by atoms with Gasteiger partial charge < -0.3 is 9.64 Å². The van der Waals surface area contributed by atoms with Crippen molar-refractivity contribution in [1.82, 2.24) is 19.6 Å². The Morgan fingerprint density at radius 2 is 2.00 bits per heavy atom. The van der Waals surface area contributed by atoms with Crippen molar-refractivity contribution in [3.05, 3.63) is 18.5 Å². The van der Waals surface area contributed by atoms with Gasteiger partial charge in [-0.15, -0.1) is 0 Å². The molecule has 0 aromatic carbocycles. The summed E-state index contributed by atoms with van der Waals surface area (Å²) in [5.74, 6) is 0.299. The number of ether oxygens (including phenoxy) is 1. The molecule has 3 fully saturated rings. The van der Waals surface area contributed by atoms with Crippen molar-refractivity contribution < 1.29 is 9.53 Å². The van der Waals surface area contributed by atoms with Crippen LogP contribution < -0.4 is 0 Å². The highest BCUT2D eigenvalue weighted by Gasteiger charge is 2.37. The molecule has 6 nitrogen and oxygen atoms in total. The maximum Gasteiger partial charge on any atom is 0.237 e. The lowest BCUT2D eigenvalue weighted by Crippen LogP contribution is -2.57. The molecule has 6 heteroatoms. The molecule has 0 unspecified atom stereocenters. The topological polar surface area (TPSA) is 50.6 Å². The van der Waals surface area contributed by atoms with E-state index in [1.807, 2.05) is 23.1 Å². The second-order valence-corrected chi connectivity index (χ2v) is 7.70. The molecule has 138 valence electrons. The number of fused-ring (bicyclic) bond motifs is 1. The number of hydrogen-bond donors (Lipinski definition) is 0. The molecule has 4 rings (SSSR count). The van der Waals surface area contributed by atoms with Gasteiger partial charge in [0.2, 0.25) is 5.91 Å². The number of carbonyl (C=O) groups excluding carboxylic acids is 1. The maximum absolute atomic E-state index is 13.1. The van der Waals surface area contributed by atoms with Gasteiger partial charge in [0.15, 0.2) is 0 Å². The standard InChI is InChI=1S/C19H30N4O2/c24-19(23-12-13-25-18-8-2-1-7-17(18)23)15-21-10-4-3-6-16(21)14-22-11-5-9-20-22/h5,9,11,16-18H,1-4,6-8,10,12-15H2/t16-,17+,18-/m1/s1. The van der Waals surface area contributed by atoms with Crippen LogP contribution in [0.25, 0.3) is 0 Å². The van der Waals surface area contributed by atoms with Gasteiger partial charge in [0.1, 0.15) is 0 Å². The summed E-state index contributed by atoms with van der Waals surface area (Å²) in [7, 11) is 0. The first kappa shape index (κ1) is 17.0. The molecular weight excluding hydrogens is 316 g/mol. The zero-order valence-corrected chi connectivity index (χ0v) is 15.1. The molecule has 2 aliphatic heterocycles. The first-order valence-corrected chi connectivity index (χ1v) is 9.94. The number of likely N-dealkylation sites (tertiary alicyclic amines) is 1.